The van der Waals surface area contributed by atoms with Crippen molar-refractivity contribution in [3.05, 3.63) is 56.5 Å². The van der Waals surface area contributed by atoms with Crippen LogP contribution < -0.4 is 10.1 Å². The van der Waals surface area contributed by atoms with E-state index in [1.165, 1.54) is 18.2 Å². The first kappa shape index (κ1) is 20.0. The van der Waals surface area contributed by atoms with Crippen molar-refractivity contribution < 1.29 is 14.6 Å². The lowest BCUT2D eigenvalue weighted by Gasteiger charge is -2.12. The molecule has 5 nitrogen and oxygen atoms in total. The molecule has 2 aromatic carbocycles. The normalized spacial score (nSPS) is 10.9. The van der Waals surface area contributed by atoms with Crippen molar-refractivity contribution in [2.45, 2.75) is 13.3 Å². The van der Waals surface area contributed by atoms with E-state index in [0.29, 0.717) is 23.6 Å². The Hall–Kier alpha value is -2.30. The first-order valence-corrected chi connectivity index (χ1v) is 9.37. The van der Waals surface area contributed by atoms with E-state index >= 15 is 0 Å². The summed E-state index contributed by atoms with van der Waals surface area (Å²) in [6.07, 6.45) is 2.31. The molecule has 0 heterocycles. The van der Waals surface area contributed by atoms with Crippen molar-refractivity contribution in [1.82, 2.24) is 0 Å². The van der Waals surface area contributed by atoms with Gasteiger partial charge in [0.25, 0.3) is 5.91 Å². The molecule has 2 N–H and O–H groups in total. The predicted octanol–water partition coefficient (Wildman–Crippen LogP) is 5.25. The number of nitrogens with zero attached hydrogens (tertiary/aromatic N) is 1. The molecule has 0 fully saturated rings. The maximum Gasteiger partial charge on any atom is 0.266 e. The molecule has 0 aliphatic heterocycles. The Morgan fingerprint density at radius 1 is 1.31 bits per heavy atom. The number of amides is 1. The van der Waals surface area contributed by atoms with Gasteiger partial charge >= 0.3 is 0 Å². The number of anilines is 1. The third-order valence-corrected chi connectivity index (χ3v) is 4.32. The second kappa shape index (κ2) is 9.41. The van der Waals surface area contributed by atoms with Crippen molar-refractivity contribution >= 4 is 49.5 Å². The van der Waals surface area contributed by atoms with E-state index in [4.69, 9.17) is 4.74 Å². The fourth-order valence-electron chi connectivity index (χ4n) is 2.09. The average Bonchev–Trinajstić information content (AvgIpc) is 2.60. The highest BCUT2D eigenvalue weighted by Gasteiger charge is 2.14. The largest absolute Gasteiger partial charge is 0.508 e. The van der Waals surface area contributed by atoms with Crippen LogP contribution in [0.5, 0.6) is 11.5 Å². The van der Waals surface area contributed by atoms with E-state index in [9.17, 15) is 15.2 Å². The number of halogens is 2. The second-order valence-corrected chi connectivity index (χ2v) is 7.10. The fourth-order valence-corrected chi connectivity index (χ4v) is 3.46. The summed E-state index contributed by atoms with van der Waals surface area (Å²) in [5.41, 5.74) is 1.02. The molecule has 0 aliphatic rings. The van der Waals surface area contributed by atoms with E-state index in [0.717, 1.165) is 15.4 Å². The van der Waals surface area contributed by atoms with Gasteiger partial charge in [0, 0.05) is 15.7 Å². The lowest BCUT2D eigenvalue weighted by Crippen LogP contribution is -2.13. The highest BCUT2D eigenvalue weighted by Crippen LogP contribution is 2.34. The molecule has 26 heavy (non-hydrogen) atoms. The zero-order valence-electron chi connectivity index (χ0n) is 13.9. The molecule has 0 aromatic heterocycles. The summed E-state index contributed by atoms with van der Waals surface area (Å²) < 4.78 is 7.26. The molecule has 0 atom stereocenters. The van der Waals surface area contributed by atoms with Gasteiger partial charge in [0.05, 0.1) is 11.1 Å². The number of aromatic hydroxyl groups is 1. The van der Waals surface area contributed by atoms with Crippen molar-refractivity contribution in [2.75, 3.05) is 11.9 Å². The van der Waals surface area contributed by atoms with E-state index in [1.54, 1.807) is 18.2 Å². The second-order valence-electron chi connectivity index (χ2n) is 5.33. The summed E-state index contributed by atoms with van der Waals surface area (Å²) in [7, 11) is 0. The minimum atomic E-state index is -0.546. The van der Waals surface area contributed by atoms with Crippen molar-refractivity contribution in [3.63, 3.8) is 0 Å². The summed E-state index contributed by atoms with van der Waals surface area (Å²) >= 11 is 6.85. The summed E-state index contributed by atoms with van der Waals surface area (Å²) in [5, 5.41) is 21.3. The molecule has 0 spiro atoms. The number of nitrogens with one attached hydrogen (secondary N) is 1. The standard InChI is InChI=1S/C19H16Br2N2O3/c1-2-7-26-18-12(9-14(20)10-17(18)21)8-13(11-22)19(25)23-15-3-5-16(24)6-4-15/h3-6,8-10,24H,2,7H2,1H3,(H,23,25)/b13-8+. The Labute approximate surface area is 168 Å². The van der Waals surface area contributed by atoms with Crippen LogP contribution in [0.4, 0.5) is 5.69 Å². The number of carbonyl (C=O) groups excluding carboxylic acids is 1. The van der Waals surface area contributed by atoms with Crippen LogP contribution in [0.15, 0.2) is 50.9 Å². The SMILES string of the molecule is CCCOc1c(Br)cc(Br)cc1/C=C(\C#N)C(=O)Nc1ccc(O)cc1. The summed E-state index contributed by atoms with van der Waals surface area (Å²) in [4.78, 5) is 12.4. The third-order valence-electron chi connectivity index (χ3n) is 3.28. The van der Waals surface area contributed by atoms with Crippen LogP contribution in [0.3, 0.4) is 0 Å². The van der Waals surface area contributed by atoms with E-state index < -0.39 is 5.91 Å². The molecule has 0 aliphatic carbocycles. The number of carbonyl (C=O) groups is 1. The Morgan fingerprint density at radius 3 is 2.62 bits per heavy atom. The van der Waals surface area contributed by atoms with Crippen LogP contribution in [-0.2, 0) is 4.79 Å². The van der Waals surface area contributed by atoms with E-state index in [2.05, 4.69) is 37.2 Å². The monoisotopic (exact) mass is 478 g/mol. The molecule has 0 saturated heterocycles. The van der Waals surface area contributed by atoms with Crippen LogP contribution in [-0.4, -0.2) is 17.6 Å². The molecule has 2 rings (SSSR count). The van der Waals surface area contributed by atoms with E-state index in [1.807, 2.05) is 19.1 Å². The Morgan fingerprint density at radius 2 is 2.00 bits per heavy atom. The van der Waals surface area contributed by atoms with Gasteiger partial charge in [-0.25, -0.2) is 0 Å². The summed E-state index contributed by atoms with van der Waals surface area (Å²) in [6.45, 7) is 2.51. The van der Waals surface area contributed by atoms with Crippen LogP contribution in [0.2, 0.25) is 0 Å². The zero-order chi connectivity index (χ0) is 19.1. The number of benzene rings is 2. The first-order chi connectivity index (χ1) is 12.4. The average molecular weight is 480 g/mol. The molecule has 0 unspecified atom stereocenters. The quantitative estimate of drug-likeness (QED) is 0.336. The molecule has 7 heteroatoms. The van der Waals surface area contributed by atoms with Crippen molar-refractivity contribution in [1.29, 1.82) is 5.26 Å². The van der Waals surface area contributed by atoms with Gasteiger partial charge in [-0.15, -0.1) is 0 Å². The molecule has 0 bridgehead atoms. The first-order valence-electron chi connectivity index (χ1n) is 7.78. The number of hydrogen-bond donors (Lipinski definition) is 2. The summed E-state index contributed by atoms with van der Waals surface area (Å²) in [6, 6.07) is 11.5. The molecule has 2 aromatic rings. The van der Waals surface area contributed by atoms with Gasteiger partial charge < -0.3 is 15.2 Å². The molecular formula is C19H16Br2N2O3. The predicted molar refractivity (Wildman–Crippen MR) is 108 cm³/mol. The molecule has 1 amide bonds. The van der Waals surface area contributed by atoms with Gasteiger partial charge in [0.2, 0.25) is 0 Å². The smallest absolute Gasteiger partial charge is 0.266 e. The maximum atomic E-state index is 12.4. The zero-order valence-corrected chi connectivity index (χ0v) is 17.1. The van der Waals surface area contributed by atoms with Crippen molar-refractivity contribution in [3.8, 4) is 17.6 Å². The molecular weight excluding hydrogens is 464 g/mol. The van der Waals surface area contributed by atoms with E-state index in [-0.39, 0.29) is 11.3 Å². The number of ether oxygens (including phenoxy) is 1. The van der Waals surface area contributed by atoms with Crippen LogP contribution in [0, 0.1) is 11.3 Å². The highest BCUT2D eigenvalue weighted by molar-refractivity contribution is 9.11. The highest BCUT2D eigenvalue weighted by atomic mass is 79.9. The summed E-state index contributed by atoms with van der Waals surface area (Å²) in [5.74, 6) is 0.117. The number of phenolic OH excluding ortho intramolecular Hbond substituents is 1. The van der Waals surface area contributed by atoms with Gasteiger partial charge in [0.1, 0.15) is 23.1 Å². The molecule has 134 valence electrons. The number of rotatable bonds is 6. The number of nitriles is 1. The third kappa shape index (κ3) is 5.35. The molecule has 0 saturated carbocycles. The Kier molecular flexibility index (Phi) is 7.25. The van der Waals surface area contributed by atoms with Gasteiger partial charge in [0.15, 0.2) is 0 Å². The van der Waals surface area contributed by atoms with Gasteiger partial charge in [-0.3, -0.25) is 4.79 Å². The lowest BCUT2D eigenvalue weighted by molar-refractivity contribution is -0.112. The lowest BCUT2D eigenvalue weighted by atomic mass is 10.1. The molecule has 0 radical (unpaired) electrons. The van der Waals surface area contributed by atoms with Crippen LogP contribution >= 0.6 is 31.9 Å². The topological polar surface area (TPSA) is 82.3 Å². The Balaban J connectivity index is 2.34. The van der Waals surface area contributed by atoms with Crippen LogP contribution in [0.1, 0.15) is 18.9 Å². The number of phenols is 1. The minimum Gasteiger partial charge on any atom is -0.508 e. The van der Waals surface area contributed by atoms with Crippen molar-refractivity contribution in [2.24, 2.45) is 0 Å². The van der Waals surface area contributed by atoms with Crippen LogP contribution in [0.25, 0.3) is 6.08 Å². The minimum absolute atomic E-state index is 0.0653. The fraction of sp³-hybridized carbons (Fsp3) is 0.158. The number of hydrogen-bond acceptors (Lipinski definition) is 4. The van der Waals surface area contributed by atoms with Gasteiger partial charge in [-0.05, 0) is 64.8 Å². The van der Waals surface area contributed by atoms with Gasteiger partial charge in [-0.1, -0.05) is 22.9 Å². The van der Waals surface area contributed by atoms with Gasteiger partial charge in [-0.2, -0.15) is 5.26 Å². The Bertz CT molecular complexity index is 872. The maximum absolute atomic E-state index is 12.4.